The van der Waals surface area contributed by atoms with Gasteiger partial charge in [-0.25, -0.2) is 0 Å². The Bertz CT molecular complexity index is 1290. The number of thioether (sulfide) groups is 1. The molecule has 0 saturated carbocycles. The molecule has 0 spiro atoms. The molecule has 0 fully saturated rings. The topological polar surface area (TPSA) is 63.9 Å². The van der Waals surface area contributed by atoms with E-state index in [1.54, 1.807) is 6.20 Å². The van der Waals surface area contributed by atoms with Crippen molar-refractivity contribution in [3.8, 4) is 5.69 Å². The summed E-state index contributed by atoms with van der Waals surface area (Å²) >= 11 is 1.42. The summed E-state index contributed by atoms with van der Waals surface area (Å²) < 4.78 is 2.03. The van der Waals surface area contributed by atoms with Crippen molar-refractivity contribution in [3.63, 3.8) is 0 Å². The van der Waals surface area contributed by atoms with Crippen LogP contribution < -0.4 is 0 Å². The van der Waals surface area contributed by atoms with Crippen molar-refractivity contribution in [2.75, 3.05) is 5.75 Å². The van der Waals surface area contributed by atoms with Crippen molar-refractivity contribution in [3.05, 3.63) is 101 Å². The van der Waals surface area contributed by atoms with Crippen LogP contribution in [-0.2, 0) is 17.9 Å². The zero-order valence-corrected chi connectivity index (χ0v) is 20.8. The molecule has 0 unspecified atom stereocenters. The van der Waals surface area contributed by atoms with Gasteiger partial charge in [-0.3, -0.25) is 14.3 Å². The molecule has 2 aromatic carbocycles. The lowest BCUT2D eigenvalue weighted by atomic mass is 10.1. The molecule has 0 saturated heterocycles. The Morgan fingerprint density at radius 2 is 1.76 bits per heavy atom. The second-order valence-corrected chi connectivity index (χ2v) is 9.42. The summed E-state index contributed by atoms with van der Waals surface area (Å²) in [6.45, 7) is 9.21. The predicted octanol–water partition coefficient (Wildman–Crippen LogP) is 5.22. The minimum Gasteiger partial charge on any atom is -0.333 e. The van der Waals surface area contributed by atoms with E-state index >= 15 is 0 Å². The van der Waals surface area contributed by atoms with Gasteiger partial charge in [-0.1, -0.05) is 54.2 Å². The minimum atomic E-state index is 0.0465. The first kappa shape index (κ1) is 23.7. The standard InChI is InChI=1S/C27H29N5OS/c1-19-11-12-21(3)25(14-19)32-22(4)29-30-27(32)34-18-26(33)31(16-23-9-7-13-28-15-23)17-24-10-6-5-8-20(24)2/h5-15H,16-18H2,1-4H3. The fraction of sp³-hybridized carbons (Fsp3) is 0.259. The largest absolute Gasteiger partial charge is 0.333 e. The minimum absolute atomic E-state index is 0.0465. The monoisotopic (exact) mass is 471 g/mol. The van der Waals surface area contributed by atoms with Crippen LogP contribution in [0, 0.1) is 27.7 Å². The maximum Gasteiger partial charge on any atom is 0.233 e. The molecule has 2 aromatic heterocycles. The maximum absolute atomic E-state index is 13.4. The van der Waals surface area contributed by atoms with Crippen molar-refractivity contribution < 1.29 is 4.79 Å². The fourth-order valence-electron chi connectivity index (χ4n) is 3.83. The lowest BCUT2D eigenvalue weighted by molar-refractivity contribution is -0.129. The number of aryl methyl sites for hydroxylation is 4. The number of rotatable bonds is 8. The average molecular weight is 472 g/mol. The number of nitrogens with zero attached hydrogens (tertiary/aromatic N) is 5. The SMILES string of the molecule is Cc1ccc(C)c(-n2c(C)nnc2SCC(=O)N(Cc2cccnc2)Cc2ccccc2C)c1. The quantitative estimate of drug-likeness (QED) is 0.330. The molecular formula is C27H29N5OS. The van der Waals surface area contributed by atoms with Crippen LogP contribution in [0.5, 0.6) is 0 Å². The summed E-state index contributed by atoms with van der Waals surface area (Å²) in [5, 5.41) is 9.38. The number of carbonyl (C=O) groups excluding carboxylic acids is 1. The van der Waals surface area contributed by atoms with E-state index < -0.39 is 0 Å². The highest BCUT2D eigenvalue weighted by Gasteiger charge is 2.19. The molecule has 7 heteroatoms. The van der Waals surface area contributed by atoms with Crippen LogP contribution in [0.2, 0.25) is 0 Å². The van der Waals surface area contributed by atoms with E-state index in [1.807, 2.05) is 46.9 Å². The highest BCUT2D eigenvalue weighted by Crippen LogP contribution is 2.25. The second-order valence-electron chi connectivity index (χ2n) is 8.48. The maximum atomic E-state index is 13.4. The molecular weight excluding hydrogens is 442 g/mol. The van der Waals surface area contributed by atoms with Crippen LogP contribution in [0.4, 0.5) is 0 Å². The first-order valence-electron chi connectivity index (χ1n) is 11.3. The van der Waals surface area contributed by atoms with E-state index in [4.69, 9.17) is 0 Å². The second kappa shape index (κ2) is 10.7. The van der Waals surface area contributed by atoms with Crippen molar-refractivity contribution in [2.24, 2.45) is 0 Å². The van der Waals surface area contributed by atoms with Gasteiger partial charge in [0.1, 0.15) is 5.82 Å². The summed E-state index contributed by atoms with van der Waals surface area (Å²) in [6, 6.07) is 18.4. The van der Waals surface area contributed by atoms with E-state index in [0.29, 0.717) is 13.1 Å². The van der Waals surface area contributed by atoms with Gasteiger partial charge in [0.25, 0.3) is 0 Å². The molecule has 0 aliphatic rings. The Hall–Kier alpha value is -3.45. The third-order valence-corrected chi connectivity index (χ3v) is 6.71. The molecule has 0 atom stereocenters. The van der Waals surface area contributed by atoms with Crippen molar-refractivity contribution in [2.45, 2.75) is 45.9 Å². The Labute approximate surface area is 205 Å². The smallest absolute Gasteiger partial charge is 0.233 e. The molecule has 34 heavy (non-hydrogen) atoms. The number of pyridine rings is 1. The van der Waals surface area contributed by atoms with Crippen LogP contribution in [-0.4, -0.2) is 36.3 Å². The first-order chi connectivity index (χ1) is 16.4. The molecule has 174 valence electrons. The summed E-state index contributed by atoms with van der Waals surface area (Å²) in [5.74, 6) is 1.12. The number of hydrogen-bond donors (Lipinski definition) is 0. The van der Waals surface area contributed by atoms with Gasteiger partial charge in [0.2, 0.25) is 5.91 Å². The third kappa shape index (κ3) is 5.54. The number of aromatic nitrogens is 4. The summed E-state index contributed by atoms with van der Waals surface area (Å²) in [6.07, 6.45) is 3.56. The zero-order valence-electron chi connectivity index (χ0n) is 20.0. The highest BCUT2D eigenvalue weighted by atomic mass is 32.2. The molecule has 0 radical (unpaired) electrons. The fourth-order valence-corrected chi connectivity index (χ4v) is 4.72. The van der Waals surface area contributed by atoms with E-state index in [9.17, 15) is 4.79 Å². The first-order valence-corrected chi connectivity index (χ1v) is 12.2. The Morgan fingerprint density at radius 1 is 0.941 bits per heavy atom. The van der Waals surface area contributed by atoms with Gasteiger partial charge >= 0.3 is 0 Å². The average Bonchev–Trinajstić information content (AvgIpc) is 3.20. The molecule has 1 amide bonds. The van der Waals surface area contributed by atoms with Gasteiger partial charge in [-0.2, -0.15) is 0 Å². The lowest BCUT2D eigenvalue weighted by Crippen LogP contribution is -2.32. The van der Waals surface area contributed by atoms with E-state index in [1.165, 1.54) is 22.9 Å². The Kier molecular flexibility index (Phi) is 7.43. The summed E-state index contributed by atoms with van der Waals surface area (Å²) in [4.78, 5) is 19.5. The Balaban J connectivity index is 1.55. The molecule has 6 nitrogen and oxygen atoms in total. The van der Waals surface area contributed by atoms with Crippen LogP contribution in [0.15, 0.2) is 72.1 Å². The third-order valence-electron chi connectivity index (χ3n) is 5.80. The van der Waals surface area contributed by atoms with E-state index in [2.05, 4.69) is 66.3 Å². The van der Waals surface area contributed by atoms with Gasteiger partial charge in [0, 0.05) is 25.5 Å². The normalized spacial score (nSPS) is 10.9. The lowest BCUT2D eigenvalue weighted by Gasteiger charge is -2.24. The van der Waals surface area contributed by atoms with E-state index in [-0.39, 0.29) is 11.7 Å². The van der Waals surface area contributed by atoms with Crippen LogP contribution in [0.1, 0.15) is 33.6 Å². The number of amides is 1. The number of carbonyl (C=O) groups is 1. The van der Waals surface area contributed by atoms with Gasteiger partial charge in [0.15, 0.2) is 5.16 Å². The summed E-state index contributed by atoms with van der Waals surface area (Å²) in [5.41, 5.74) is 6.66. The Morgan fingerprint density at radius 3 is 2.53 bits per heavy atom. The molecule has 0 N–H and O–H groups in total. The highest BCUT2D eigenvalue weighted by molar-refractivity contribution is 7.99. The van der Waals surface area contributed by atoms with Crippen LogP contribution in [0.25, 0.3) is 5.69 Å². The molecule has 0 aliphatic carbocycles. The van der Waals surface area contributed by atoms with Crippen molar-refractivity contribution in [1.29, 1.82) is 0 Å². The van der Waals surface area contributed by atoms with Gasteiger partial charge in [-0.15, -0.1) is 10.2 Å². The van der Waals surface area contributed by atoms with Gasteiger partial charge in [-0.05, 0) is 67.6 Å². The van der Waals surface area contributed by atoms with Crippen LogP contribution >= 0.6 is 11.8 Å². The number of hydrogen-bond acceptors (Lipinski definition) is 5. The van der Waals surface area contributed by atoms with Crippen molar-refractivity contribution >= 4 is 17.7 Å². The summed E-state index contributed by atoms with van der Waals surface area (Å²) in [7, 11) is 0. The van der Waals surface area contributed by atoms with E-state index in [0.717, 1.165) is 33.4 Å². The van der Waals surface area contributed by atoms with Crippen molar-refractivity contribution in [1.82, 2.24) is 24.6 Å². The molecule has 0 aliphatic heterocycles. The predicted molar refractivity (Wildman–Crippen MR) is 136 cm³/mol. The zero-order chi connectivity index (χ0) is 24.1. The number of benzene rings is 2. The molecule has 2 heterocycles. The van der Waals surface area contributed by atoms with Crippen LogP contribution in [0.3, 0.4) is 0 Å². The van der Waals surface area contributed by atoms with Gasteiger partial charge in [0.05, 0.1) is 11.4 Å². The molecule has 4 rings (SSSR count). The van der Waals surface area contributed by atoms with Gasteiger partial charge < -0.3 is 4.90 Å². The molecule has 4 aromatic rings. The molecule has 0 bridgehead atoms.